The topological polar surface area (TPSA) is 68.0 Å². The van der Waals surface area contributed by atoms with Crippen LogP contribution in [0.5, 0.6) is 0 Å². The van der Waals surface area contributed by atoms with Crippen LogP contribution in [0.3, 0.4) is 0 Å². The molecule has 6 heteroatoms. The number of fused-ring (bicyclic) bond motifs is 1. The van der Waals surface area contributed by atoms with Gasteiger partial charge in [0, 0.05) is 4.88 Å². The maximum absolute atomic E-state index is 11.8. The van der Waals surface area contributed by atoms with Gasteiger partial charge in [0.05, 0.1) is 16.6 Å². The van der Waals surface area contributed by atoms with Crippen LogP contribution in [-0.2, 0) is 17.6 Å². The minimum absolute atomic E-state index is 0.177. The van der Waals surface area contributed by atoms with E-state index in [1.807, 2.05) is 0 Å². The van der Waals surface area contributed by atoms with E-state index >= 15 is 0 Å². The normalized spacial score (nSPS) is 16.1. The summed E-state index contributed by atoms with van der Waals surface area (Å²) in [6, 6.07) is 0. The highest BCUT2D eigenvalue weighted by molar-refractivity contribution is 7.80. The van der Waals surface area contributed by atoms with Gasteiger partial charge in [0.25, 0.3) is 0 Å². The number of thiazole rings is 1. The van der Waals surface area contributed by atoms with E-state index in [0.29, 0.717) is 5.13 Å². The quantitative estimate of drug-likeness (QED) is 0.822. The van der Waals surface area contributed by atoms with E-state index < -0.39 is 5.92 Å². The van der Waals surface area contributed by atoms with E-state index in [1.54, 1.807) is 18.3 Å². The van der Waals surface area contributed by atoms with E-state index in [9.17, 15) is 4.79 Å². The van der Waals surface area contributed by atoms with E-state index in [2.05, 4.69) is 10.3 Å². The molecule has 1 atom stereocenters. The standard InChI is InChI=1S/C11H15N3OS2/c1-6(9(12)16)10(15)14-11-13-7-4-2-3-5-8(7)17-11/h6H,2-5H2,1H3,(H2,12,16)(H,13,14,15). The van der Waals surface area contributed by atoms with E-state index in [-0.39, 0.29) is 10.9 Å². The number of aryl methyl sites for hydroxylation is 2. The van der Waals surface area contributed by atoms with Gasteiger partial charge in [0.1, 0.15) is 0 Å². The Hall–Kier alpha value is -1.01. The largest absolute Gasteiger partial charge is 0.393 e. The van der Waals surface area contributed by atoms with Gasteiger partial charge in [-0.15, -0.1) is 11.3 Å². The van der Waals surface area contributed by atoms with Crippen molar-refractivity contribution < 1.29 is 4.79 Å². The van der Waals surface area contributed by atoms with E-state index in [0.717, 1.165) is 18.5 Å². The third-order valence-electron chi connectivity index (χ3n) is 2.90. The molecule has 0 bridgehead atoms. The van der Waals surface area contributed by atoms with Crippen LogP contribution in [0.15, 0.2) is 0 Å². The van der Waals surface area contributed by atoms with Crippen molar-refractivity contribution >= 4 is 39.6 Å². The van der Waals surface area contributed by atoms with E-state index in [1.165, 1.54) is 17.7 Å². The predicted molar refractivity (Wildman–Crippen MR) is 73.3 cm³/mol. The number of aromatic nitrogens is 1. The van der Waals surface area contributed by atoms with Crippen molar-refractivity contribution in [3.63, 3.8) is 0 Å². The Morgan fingerprint density at radius 3 is 2.88 bits per heavy atom. The van der Waals surface area contributed by atoms with Gasteiger partial charge >= 0.3 is 0 Å². The molecule has 1 aliphatic carbocycles. The first-order valence-electron chi connectivity index (χ1n) is 5.66. The molecule has 0 saturated heterocycles. The summed E-state index contributed by atoms with van der Waals surface area (Å²) in [6.07, 6.45) is 4.50. The molecule has 0 aromatic carbocycles. The Balaban J connectivity index is 2.06. The zero-order valence-electron chi connectivity index (χ0n) is 9.66. The molecule has 0 fully saturated rings. The Kier molecular flexibility index (Phi) is 3.73. The Bertz CT molecular complexity index is 432. The molecule has 2 rings (SSSR count). The van der Waals surface area contributed by atoms with Crippen LogP contribution in [0.4, 0.5) is 5.13 Å². The van der Waals surface area contributed by atoms with Crippen LogP contribution in [0.1, 0.15) is 30.3 Å². The fourth-order valence-electron chi connectivity index (χ4n) is 1.75. The van der Waals surface area contributed by atoms with Crippen molar-refractivity contribution in [2.45, 2.75) is 32.6 Å². The number of rotatable bonds is 3. The lowest BCUT2D eigenvalue weighted by molar-refractivity contribution is -0.117. The first-order chi connectivity index (χ1) is 8.08. The van der Waals surface area contributed by atoms with Crippen molar-refractivity contribution in [1.29, 1.82) is 0 Å². The van der Waals surface area contributed by atoms with Gasteiger partial charge in [-0.25, -0.2) is 4.98 Å². The lowest BCUT2D eigenvalue weighted by Crippen LogP contribution is -2.30. The first-order valence-corrected chi connectivity index (χ1v) is 6.89. The van der Waals surface area contributed by atoms with Gasteiger partial charge in [-0.05, 0) is 32.6 Å². The van der Waals surface area contributed by atoms with Crippen LogP contribution >= 0.6 is 23.6 Å². The summed E-state index contributed by atoms with van der Waals surface area (Å²) in [5, 5.41) is 3.45. The van der Waals surface area contributed by atoms with Gasteiger partial charge < -0.3 is 11.1 Å². The molecule has 0 saturated carbocycles. The van der Waals surface area contributed by atoms with Gasteiger partial charge in [0.2, 0.25) is 5.91 Å². The molecule has 4 nitrogen and oxygen atoms in total. The summed E-state index contributed by atoms with van der Waals surface area (Å²) in [7, 11) is 0. The molecule has 1 aromatic rings. The number of hydrogen-bond donors (Lipinski definition) is 2. The van der Waals surface area contributed by atoms with Crippen molar-refractivity contribution in [2.24, 2.45) is 11.7 Å². The number of carbonyl (C=O) groups excluding carboxylic acids is 1. The Morgan fingerprint density at radius 1 is 1.53 bits per heavy atom. The second-order valence-electron chi connectivity index (χ2n) is 4.21. The molecule has 1 unspecified atom stereocenters. The fraction of sp³-hybridized carbons (Fsp3) is 0.545. The average molecular weight is 269 g/mol. The third-order valence-corrected chi connectivity index (χ3v) is 4.32. The molecule has 1 aliphatic rings. The van der Waals surface area contributed by atoms with Gasteiger partial charge in [-0.2, -0.15) is 0 Å². The van der Waals surface area contributed by atoms with Crippen LogP contribution in [0.2, 0.25) is 0 Å². The number of carbonyl (C=O) groups is 1. The lowest BCUT2D eigenvalue weighted by atomic mass is 10.0. The van der Waals surface area contributed by atoms with Crippen molar-refractivity contribution in [1.82, 2.24) is 4.98 Å². The van der Waals surface area contributed by atoms with Crippen LogP contribution in [0.25, 0.3) is 0 Å². The molecule has 17 heavy (non-hydrogen) atoms. The maximum Gasteiger partial charge on any atom is 0.235 e. The Labute approximate surface area is 110 Å². The average Bonchev–Trinajstić information content (AvgIpc) is 2.69. The summed E-state index contributed by atoms with van der Waals surface area (Å²) in [6.45, 7) is 1.70. The number of amides is 1. The number of thiocarbonyl (C=S) groups is 1. The highest BCUT2D eigenvalue weighted by atomic mass is 32.1. The third kappa shape index (κ3) is 2.81. The molecule has 92 valence electrons. The molecule has 0 spiro atoms. The second kappa shape index (κ2) is 5.10. The zero-order valence-corrected chi connectivity index (χ0v) is 11.3. The monoisotopic (exact) mass is 269 g/mol. The second-order valence-corrected chi connectivity index (χ2v) is 5.76. The molecule has 1 aromatic heterocycles. The minimum atomic E-state index is -0.453. The fourth-order valence-corrected chi connectivity index (χ4v) is 2.91. The molecule has 0 radical (unpaired) electrons. The Morgan fingerprint density at radius 2 is 2.24 bits per heavy atom. The molecule has 3 N–H and O–H groups in total. The zero-order chi connectivity index (χ0) is 12.4. The summed E-state index contributed by atoms with van der Waals surface area (Å²) in [5.74, 6) is -0.630. The smallest absolute Gasteiger partial charge is 0.235 e. The van der Waals surface area contributed by atoms with Crippen LogP contribution in [-0.4, -0.2) is 15.9 Å². The highest BCUT2D eigenvalue weighted by Crippen LogP contribution is 2.29. The van der Waals surface area contributed by atoms with Crippen LogP contribution in [0, 0.1) is 5.92 Å². The summed E-state index contributed by atoms with van der Waals surface area (Å²) in [5.41, 5.74) is 6.58. The summed E-state index contributed by atoms with van der Waals surface area (Å²) >= 11 is 6.36. The van der Waals surface area contributed by atoms with Gasteiger partial charge in [-0.1, -0.05) is 12.2 Å². The number of hydrogen-bond acceptors (Lipinski definition) is 4. The first kappa shape index (κ1) is 12.4. The van der Waals surface area contributed by atoms with Crippen molar-refractivity contribution in [3.05, 3.63) is 10.6 Å². The van der Waals surface area contributed by atoms with Crippen molar-refractivity contribution in [3.8, 4) is 0 Å². The minimum Gasteiger partial charge on any atom is -0.393 e. The molecular weight excluding hydrogens is 254 g/mol. The van der Waals surface area contributed by atoms with Gasteiger partial charge in [0.15, 0.2) is 5.13 Å². The molecular formula is C11H15N3OS2. The summed E-state index contributed by atoms with van der Waals surface area (Å²) in [4.78, 5) is 17.7. The van der Waals surface area contributed by atoms with E-state index in [4.69, 9.17) is 18.0 Å². The number of nitrogens with two attached hydrogens (primary N) is 1. The molecule has 1 amide bonds. The number of anilines is 1. The number of nitrogens with one attached hydrogen (secondary N) is 1. The molecule has 1 heterocycles. The SMILES string of the molecule is CC(C(=O)Nc1nc2c(s1)CCCC2)C(N)=S. The molecule has 0 aliphatic heterocycles. The lowest BCUT2D eigenvalue weighted by Gasteiger charge is -2.07. The maximum atomic E-state index is 11.8. The highest BCUT2D eigenvalue weighted by Gasteiger charge is 2.19. The van der Waals surface area contributed by atoms with Crippen molar-refractivity contribution in [2.75, 3.05) is 5.32 Å². The predicted octanol–water partition coefficient (Wildman–Crippen LogP) is 1.88. The summed E-state index contributed by atoms with van der Waals surface area (Å²) < 4.78 is 0. The van der Waals surface area contributed by atoms with Crippen LogP contribution < -0.4 is 11.1 Å². The number of nitrogens with zero attached hydrogens (tertiary/aromatic N) is 1. The van der Waals surface area contributed by atoms with Gasteiger partial charge in [-0.3, -0.25) is 4.79 Å².